The van der Waals surface area contributed by atoms with Gasteiger partial charge in [0.15, 0.2) is 0 Å². The van der Waals surface area contributed by atoms with Crippen LogP contribution in [0.2, 0.25) is 0 Å². The van der Waals surface area contributed by atoms with Gasteiger partial charge in [-0.1, -0.05) is 0 Å². The number of nitrogens with zero attached hydrogens (tertiary/aromatic N) is 1. The number of hydrogen-bond donors (Lipinski definition) is 1. The van der Waals surface area contributed by atoms with Crippen LogP contribution in [0, 0.1) is 0 Å². The van der Waals surface area contributed by atoms with Crippen molar-refractivity contribution >= 4 is 6.34 Å². The molecule has 0 spiro atoms. The fraction of sp³-hybridized carbons (Fsp3) is 0.250. The molecule has 0 aromatic carbocycles. The van der Waals surface area contributed by atoms with Gasteiger partial charge in [0.05, 0.1) is 7.71 Å². The van der Waals surface area contributed by atoms with E-state index in [1.54, 1.807) is 12.3 Å². The zero-order valence-electron chi connectivity index (χ0n) is 4.26. The van der Waals surface area contributed by atoms with Crippen LogP contribution < -0.4 is 5.32 Å². The minimum absolute atomic E-state index is 0.294. The van der Waals surface area contributed by atoms with Gasteiger partial charge in [0.25, 0.3) is 0 Å². The SMILES string of the molecule is [2H]C1C=CN=CN1. The zero-order valence-corrected chi connectivity index (χ0v) is 3.26. The highest BCUT2D eigenvalue weighted by molar-refractivity contribution is 5.56. The van der Waals surface area contributed by atoms with E-state index in [4.69, 9.17) is 1.37 Å². The van der Waals surface area contributed by atoms with Crippen molar-refractivity contribution in [3.63, 3.8) is 0 Å². The van der Waals surface area contributed by atoms with E-state index in [9.17, 15) is 0 Å². The van der Waals surface area contributed by atoms with Crippen molar-refractivity contribution in [3.05, 3.63) is 12.3 Å². The molecule has 1 atom stereocenters. The smallest absolute Gasteiger partial charge is 0.0881 e. The molecule has 1 N–H and O–H groups in total. The molecular weight excluding hydrogens is 76.1 g/mol. The molecule has 0 radical (unpaired) electrons. The van der Waals surface area contributed by atoms with Gasteiger partial charge in [-0.15, -0.1) is 0 Å². The summed E-state index contributed by atoms with van der Waals surface area (Å²) in [6, 6.07) is 0. The maximum absolute atomic E-state index is 6.98. The molecule has 0 saturated heterocycles. The topological polar surface area (TPSA) is 24.4 Å². The Bertz CT molecular complexity index is 108. The number of hydrogen-bond acceptors (Lipinski definition) is 2. The third-order valence-corrected chi connectivity index (χ3v) is 0.514. The molecule has 1 heterocycles. The molecular formula is C4H6N2. The van der Waals surface area contributed by atoms with Gasteiger partial charge in [0.1, 0.15) is 0 Å². The van der Waals surface area contributed by atoms with E-state index < -0.39 is 0 Å². The van der Waals surface area contributed by atoms with Crippen LogP contribution in [-0.2, 0) is 0 Å². The van der Waals surface area contributed by atoms with Gasteiger partial charge < -0.3 is 5.32 Å². The maximum atomic E-state index is 6.98. The number of aliphatic imine (C=N–C) groups is 1. The first kappa shape index (κ1) is 2.39. The van der Waals surface area contributed by atoms with Crippen molar-refractivity contribution in [2.75, 3.05) is 6.52 Å². The van der Waals surface area contributed by atoms with Crippen LogP contribution in [0.25, 0.3) is 0 Å². The first-order chi connectivity index (χ1) is 3.39. The predicted molar refractivity (Wildman–Crippen MR) is 25.6 cm³/mol. The van der Waals surface area contributed by atoms with Crippen LogP contribution in [0.15, 0.2) is 17.3 Å². The molecule has 0 aliphatic carbocycles. The summed E-state index contributed by atoms with van der Waals surface area (Å²) in [6.07, 6.45) is 4.78. The molecule has 0 fully saturated rings. The van der Waals surface area contributed by atoms with Crippen molar-refractivity contribution in [1.29, 1.82) is 0 Å². The molecule has 1 unspecified atom stereocenters. The summed E-state index contributed by atoms with van der Waals surface area (Å²) in [5, 5.41) is 2.67. The van der Waals surface area contributed by atoms with Crippen molar-refractivity contribution < 1.29 is 1.37 Å². The van der Waals surface area contributed by atoms with Gasteiger partial charge in [0.2, 0.25) is 0 Å². The maximum Gasteiger partial charge on any atom is 0.0881 e. The van der Waals surface area contributed by atoms with E-state index in [1.165, 1.54) is 6.34 Å². The summed E-state index contributed by atoms with van der Waals surface area (Å²) in [5.41, 5.74) is 0. The second-order valence-electron chi connectivity index (χ2n) is 0.953. The Morgan fingerprint density at radius 2 is 3.00 bits per heavy atom. The predicted octanol–water partition coefficient (Wildman–Crippen LogP) is 0.132. The largest absolute Gasteiger partial charge is 0.373 e. The number of nitrogens with one attached hydrogen (secondary N) is 1. The van der Waals surface area contributed by atoms with E-state index in [0.717, 1.165) is 0 Å². The van der Waals surface area contributed by atoms with Crippen LogP contribution in [0.3, 0.4) is 0 Å². The van der Waals surface area contributed by atoms with Gasteiger partial charge in [-0.25, -0.2) is 4.99 Å². The van der Waals surface area contributed by atoms with E-state index in [0.29, 0.717) is 0 Å². The molecule has 2 nitrogen and oxygen atoms in total. The first-order valence-electron chi connectivity index (χ1n) is 2.34. The Morgan fingerprint density at radius 1 is 2.00 bits per heavy atom. The third-order valence-electron chi connectivity index (χ3n) is 0.514. The van der Waals surface area contributed by atoms with Crippen LogP contribution in [0.4, 0.5) is 0 Å². The van der Waals surface area contributed by atoms with E-state index in [-0.39, 0.29) is 6.52 Å². The second-order valence-corrected chi connectivity index (χ2v) is 0.953. The lowest BCUT2D eigenvalue weighted by Gasteiger charge is -1.93. The molecule has 0 saturated carbocycles. The summed E-state index contributed by atoms with van der Waals surface area (Å²) in [6.45, 7) is -0.294. The fourth-order valence-electron chi connectivity index (χ4n) is 0.277. The highest BCUT2D eigenvalue weighted by Crippen LogP contribution is 1.74. The molecule has 32 valence electrons. The molecule has 0 amide bonds. The highest BCUT2D eigenvalue weighted by Gasteiger charge is 1.74. The summed E-state index contributed by atoms with van der Waals surface area (Å²) in [5.74, 6) is 0. The fourth-order valence-corrected chi connectivity index (χ4v) is 0.277. The minimum Gasteiger partial charge on any atom is -0.373 e. The van der Waals surface area contributed by atoms with Crippen LogP contribution in [0.5, 0.6) is 0 Å². The van der Waals surface area contributed by atoms with Crippen LogP contribution in [0.1, 0.15) is 1.37 Å². The Morgan fingerprint density at radius 3 is 3.33 bits per heavy atom. The average Bonchev–Trinajstić information content (AvgIpc) is 1.69. The van der Waals surface area contributed by atoms with Crippen LogP contribution in [-0.4, -0.2) is 12.9 Å². The lowest BCUT2D eigenvalue weighted by Crippen LogP contribution is -2.11. The Balaban J connectivity index is 2.49. The lowest BCUT2D eigenvalue weighted by atomic mass is 10.6. The van der Waals surface area contributed by atoms with Crippen molar-refractivity contribution in [2.45, 2.75) is 0 Å². The summed E-state index contributed by atoms with van der Waals surface area (Å²) in [7, 11) is 0. The number of rotatable bonds is 0. The lowest BCUT2D eigenvalue weighted by molar-refractivity contribution is 1.04. The summed E-state index contributed by atoms with van der Waals surface area (Å²) < 4.78 is 6.98. The van der Waals surface area contributed by atoms with Gasteiger partial charge >= 0.3 is 0 Å². The van der Waals surface area contributed by atoms with Crippen molar-refractivity contribution in [2.24, 2.45) is 4.99 Å². The molecule has 0 aromatic heterocycles. The average molecular weight is 83.1 g/mol. The third kappa shape index (κ3) is 0.578. The standard InChI is InChI=1S/C4H6N2/c1-2-5-4-6-3-1/h1-2,4H,3H2,(H,5,6)/i3D. The molecule has 1 aliphatic heterocycles. The monoisotopic (exact) mass is 83.1 g/mol. The zero-order chi connectivity index (χ0) is 5.11. The second kappa shape index (κ2) is 1.60. The quantitative estimate of drug-likeness (QED) is 0.442. The molecule has 2 heteroatoms. The molecule has 1 rings (SSSR count). The molecule has 1 aliphatic rings. The Labute approximate surface area is 38.0 Å². The van der Waals surface area contributed by atoms with Gasteiger partial charge in [0, 0.05) is 12.7 Å². The Hall–Kier alpha value is -0.790. The van der Waals surface area contributed by atoms with Crippen molar-refractivity contribution in [1.82, 2.24) is 5.32 Å². The molecule has 0 bridgehead atoms. The minimum atomic E-state index is -0.294. The normalized spacial score (nSPS) is 32.0. The molecule has 0 aromatic rings. The van der Waals surface area contributed by atoms with Gasteiger partial charge in [-0.2, -0.15) is 0 Å². The van der Waals surface area contributed by atoms with E-state index >= 15 is 0 Å². The van der Waals surface area contributed by atoms with E-state index in [2.05, 4.69) is 10.3 Å². The van der Waals surface area contributed by atoms with Crippen molar-refractivity contribution in [3.8, 4) is 0 Å². The van der Waals surface area contributed by atoms with E-state index in [1.807, 2.05) is 0 Å². The van der Waals surface area contributed by atoms with Gasteiger partial charge in [-0.05, 0) is 6.08 Å². The van der Waals surface area contributed by atoms with Gasteiger partial charge in [-0.3, -0.25) is 0 Å². The van der Waals surface area contributed by atoms with Crippen LogP contribution >= 0.6 is 0 Å². The molecule has 6 heavy (non-hydrogen) atoms. The summed E-state index contributed by atoms with van der Waals surface area (Å²) >= 11 is 0. The first-order valence-corrected chi connectivity index (χ1v) is 1.76. The Kier molecular flexibility index (Phi) is 0.638. The highest BCUT2D eigenvalue weighted by atomic mass is 14.9. The summed E-state index contributed by atoms with van der Waals surface area (Å²) in [4.78, 5) is 3.69.